The lowest BCUT2D eigenvalue weighted by molar-refractivity contribution is -0.131. The highest BCUT2D eigenvalue weighted by Gasteiger charge is 2.25. The fourth-order valence-electron chi connectivity index (χ4n) is 1.71. The summed E-state index contributed by atoms with van der Waals surface area (Å²) in [4.78, 5) is 13.0. The topological polar surface area (TPSA) is 40.5 Å². The van der Waals surface area contributed by atoms with Crippen LogP contribution in [-0.2, 0) is 4.79 Å². The van der Waals surface area contributed by atoms with E-state index in [1.54, 1.807) is 11.8 Å². The molecule has 13 heavy (non-hydrogen) atoms. The van der Waals surface area contributed by atoms with E-state index < -0.39 is 0 Å². The lowest BCUT2D eigenvalue weighted by atomic mass is 9.93. The van der Waals surface area contributed by atoms with Crippen LogP contribution in [0.25, 0.3) is 0 Å². The van der Waals surface area contributed by atoms with Crippen molar-refractivity contribution in [1.29, 1.82) is 0 Å². The third-order valence-corrected chi connectivity index (χ3v) is 2.84. The summed E-state index contributed by atoms with van der Waals surface area (Å²) in [6, 6.07) is 0. The zero-order valence-corrected chi connectivity index (χ0v) is 8.63. The third-order valence-electron chi connectivity index (χ3n) is 2.61. The number of carbonyl (C=O) groups excluding carboxylic acids is 1. The SMILES string of the molecule is C[C@H](O)[C@@H]1CCCN(C(=O)CCl)C1. The highest BCUT2D eigenvalue weighted by atomic mass is 35.5. The first kappa shape index (κ1) is 10.8. The van der Waals surface area contributed by atoms with Gasteiger partial charge >= 0.3 is 0 Å². The van der Waals surface area contributed by atoms with Crippen molar-refractivity contribution in [2.45, 2.75) is 25.9 Å². The molecule has 1 aliphatic rings. The molecule has 2 atom stereocenters. The molecule has 4 heteroatoms. The van der Waals surface area contributed by atoms with Crippen molar-refractivity contribution in [3.63, 3.8) is 0 Å². The molecule has 1 rings (SSSR count). The average Bonchev–Trinajstić information content (AvgIpc) is 2.17. The van der Waals surface area contributed by atoms with E-state index in [0.29, 0.717) is 6.54 Å². The Bertz CT molecular complexity index is 184. The number of aliphatic hydroxyl groups is 1. The second-order valence-corrected chi connectivity index (χ2v) is 3.88. The summed E-state index contributed by atoms with van der Waals surface area (Å²) in [5, 5.41) is 9.38. The molecule has 0 aromatic rings. The second-order valence-electron chi connectivity index (χ2n) is 3.62. The number of rotatable bonds is 2. The van der Waals surface area contributed by atoms with Gasteiger partial charge in [-0.25, -0.2) is 0 Å². The number of amides is 1. The van der Waals surface area contributed by atoms with Gasteiger partial charge in [0.25, 0.3) is 0 Å². The van der Waals surface area contributed by atoms with Crippen LogP contribution in [0.2, 0.25) is 0 Å². The number of halogens is 1. The van der Waals surface area contributed by atoms with Crippen LogP contribution in [-0.4, -0.2) is 41.0 Å². The van der Waals surface area contributed by atoms with Crippen molar-refractivity contribution in [3.8, 4) is 0 Å². The largest absolute Gasteiger partial charge is 0.393 e. The second kappa shape index (κ2) is 4.82. The van der Waals surface area contributed by atoms with Gasteiger partial charge in [-0.05, 0) is 19.8 Å². The van der Waals surface area contributed by atoms with Crippen LogP contribution in [0.5, 0.6) is 0 Å². The number of likely N-dealkylation sites (tertiary alicyclic amines) is 1. The first-order chi connectivity index (χ1) is 6.15. The summed E-state index contributed by atoms with van der Waals surface area (Å²) in [6.45, 7) is 3.22. The Morgan fingerprint density at radius 2 is 2.46 bits per heavy atom. The number of hydrogen-bond acceptors (Lipinski definition) is 2. The number of nitrogens with zero attached hydrogens (tertiary/aromatic N) is 1. The van der Waals surface area contributed by atoms with E-state index in [4.69, 9.17) is 11.6 Å². The van der Waals surface area contributed by atoms with Gasteiger partial charge in [0.2, 0.25) is 5.91 Å². The van der Waals surface area contributed by atoms with Gasteiger partial charge in [0, 0.05) is 19.0 Å². The minimum Gasteiger partial charge on any atom is -0.393 e. The first-order valence-corrected chi connectivity index (χ1v) is 5.20. The minimum absolute atomic E-state index is 0.0213. The van der Waals surface area contributed by atoms with Gasteiger partial charge in [-0.1, -0.05) is 0 Å². The van der Waals surface area contributed by atoms with E-state index in [1.807, 2.05) is 0 Å². The van der Waals surface area contributed by atoms with Crippen LogP contribution < -0.4 is 0 Å². The molecule has 0 saturated carbocycles. The number of aliphatic hydroxyl groups excluding tert-OH is 1. The summed E-state index contributed by atoms with van der Waals surface area (Å²) < 4.78 is 0. The minimum atomic E-state index is -0.328. The van der Waals surface area contributed by atoms with E-state index in [1.165, 1.54) is 0 Å². The summed E-state index contributed by atoms with van der Waals surface area (Å²) in [5.41, 5.74) is 0. The van der Waals surface area contributed by atoms with E-state index in [-0.39, 0.29) is 23.8 Å². The zero-order chi connectivity index (χ0) is 9.84. The molecule has 0 aromatic heterocycles. The Morgan fingerprint density at radius 3 is 3.00 bits per heavy atom. The van der Waals surface area contributed by atoms with E-state index >= 15 is 0 Å². The molecule has 3 nitrogen and oxygen atoms in total. The summed E-state index contributed by atoms with van der Waals surface area (Å²) >= 11 is 5.46. The monoisotopic (exact) mass is 205 g/mol. The zero-order valence-electron chi connectivity index (χ0n) is 7.87. The Morgan fingerprint density at radius 1 is 1.77 bits per heavy atom. The predicted molar refractivity (Wildman–Crippen MR) is 51.7 cm³/mol. The standard InChI is InChI=1S/C9H16ClNO2/c1-7(12)8-3-2-4-11(6-8)9(13)5-10/h7-8,12H,2-6H2,1H3/t7-,8+/m0/s1. The van der Waals surface area contributed by atoms with Gasteiger partial charge in [0.05, 0.1) is 6.10 Å². The van der Waals surface area contributed by atoms with Crippen molar-refractivity contribution in [2.75, 3.05) is 19.0 Å². The van der Waals surface area contributed by atoms with Crippen molar-refractivity contribution in [3.05, 3.63) is 0 Å². The molecule has 1 saturated heterocycles. The molecule has 0 aromatic carbocycles. The lowest BCUT2D eigenvalue weighted by Gasteiger charge is -2.33. The van der Waals surface area contributed by atoms with Crippen LogP contribution in [0.3, 0.4) is 0 Å². The van der Waals surface area contributed by atoms with Crippen molar-refractivity contribution in [2.24, 2.45) is 5.92 Å². The van der Waals surface area contributed by atoms with Gasteiger partial charge in [0.1, 0.15) is 5.88 Å². The summed E-state index contributed by atoms with van der Waals surface area (Å²) in [5.74, 6) is 0.250. The Labute approximate surface area is 83.7 Å². The Hall–Kier alpha value is -0.280. The molecule has 1 aliphatic heterocycles. The first-order valence-electron chi connectivity index (χ1n) is 4.67. The maximum atomic E-state index is 11.2. The fraction of sp³-hybridized carbons (Fsp3) is 0.889. The molecular formula is C9H16ClNO2. The smallest absolute Gasteiger partial charge is 0.237 e. The van der Waals surface area contributed by atoms with E-state index in [2.05, 4.69) is 0 Å². The number of hydrogen-bond donors (Lipinski definition) is 1. The van der Waals surface area contributed by atoms with Gasteiger partial charge in [0.15, 0.2) is 0 Å². The van der Waals surface area contributed by atoms with Crippen molar-refractivity contribution >= 4 is 17.5 Å². The molecular weight excluding hydrogens is 190 g/mol. The normalized spacial score (nSPS) is 25.8. The quantitative estimate of drug-likeness (QED) is 0.679. The van der Waals surface area contributed by atoms with Gasteiger partial charge in [-0.3, -0.25) is 4.79 Å². The predicted octanol–water partition coefficient (Wildman–Crippen LogP) is 0.845. The van der Waals surface area contributed by atoms with Gasteiger partial charge in [-0.2, -0.15) is 0 Å². The fourth-order valence-corrected chi connectivity index (χ4v) is 1.88. The van der Waals surface area contributed by atoms with Gasteiger partial charge < -0.3 is 10.0 Å². The Balaban J connectivity index is 2.46. The molecule has 0 aliphatic carbocycles. The number of piperidine rings is 1. The van der Waals surface area contributed by atoms with E-state index in [9.17, 15) is 9.90 Å². The molecule has 0 radical (unpaired) electrons. The lowest BCUT2D eigenvalue weighted by Crippen LogP contribution is -2.43. The summed E-state index contributed by atoms with van der Waals surface area (Å²) in [7, 11) is 0. The van der Waals surface area contributed by atoms with Crippen LogP contribution in [0.4, 0.5) is 0 Å². The van der Waals surface area contributed by atoms with Crippen LogP contribution in [0, 0.1) is 5.92 Å². The van der Waals surface area contributed by atoms with E-state index in [0.717, 1.165) is 19.4 Å². The number of carbonyl (C=O) groups is 1. The molecule has 0 bridgehead atoms. The number of alkyl halides is 1. The molecule has 1 N–H and O–H groups in total. The molecule has 0 unspecified atom stereocenters. The van der Waals surface area contributed by atoms with Gasteiger partial charge in [-0.15, -0.1) is 11.6 Å². The van der Waals surface area contributed by atoms with Crippen molar-refractivity contribution < 1.29 is 9.90 Å². The maximum Gasteiger partial charge on any atom is 0.237 e. The average molecular weight is 206 g/mol. The highest BCUT2D eigenvalue weighted by Crippen LogP contribution is 2.19. The van der Waals surface area contributed by atoms with Crippen LogP contribution in [0.1, 0.15) is 19.8 Å². The molecule has 0 spiro atoms. The highest BCUT2D eigenvalue weighted by molar-refractivity contribution is 6.27. The maximum absolute atomic E-state index is 11.2. The molecule has 1 heterocycles. The van der Waals surface area contributed by atoms with Crippen molar-refractivity contribution in [1.82, 2.24) is 4.90 Å². The molecule has 1 amide bonds. The van der Waals surface area contributed by atoms with Crippen LogP contribution in [0.15, 0.2) is 0 Å². The Kier molecular flexibility index (Phi) is 4.00. The summed E-state index contributed by atoms with van der Waals surface area (Å²) in [6.07, 6.45) is 1.65. The van der Waals surface area contributed by atoms with Crippen LogP contribution >= 0.6 is 11.6 Å². The third kappa shape index (κ3) is 2.85. The molecule has 76 valence electrons. The molecule has 1 fully saturated rings.